The summed E-state index contributed by atoms with van der Waals surface area (Å²) in [5, 5.41) is 0.819. The molecule has 0 heterocycles. The Morgan fingerprint density at radius 3 is 2.10 bits per heavy atom. The van der Waals surface area contributed by atoms with Gasteiger partial charge < -0.3 is 9.05 Å². The molecule has 1 aromatic rings. The van der Waals surface area contributed by atoms with Crippen molar-refractivity contribution in [3.63, 3.8) is 0 Å². The molecule has 0 aliphatic heterocycles. The van der Waals surface area contributed by atoms with E-state index >= 15 is 0 Å². The zero-order chi connectivity index (χ0) is 15.7. The average molecular weight is 310 g/mol. The third-order valence-corrected chi connectivity index (χ3v) is 5.75. The predicted molar refractivity (Wildman–Crippen MR) is 89.4 cm³/mol. The van der Waals surface area contributed by atoms with Gasteiger partial charge in [-0.15, -0.1) is 0 Å². The van der Waals surface area contributed by atoms with Crippen LogP contribution in [0.15, 0.2) is 35.6 Å². The number of unbranched alkanes of at least 4 members (excludes halogenated alkanes) is 1. The summed E-state index contributed by atoms with van der Waals surface area (Å²) >= 11 is 0. The minimum Gasteiger partial charge on any atom is -0.306 e. The van der Waals surface area contributed by atoms with Gasteiger partial charge in [0.1, 0.15) is 0 Å². The molecule has 1 aromatic carbocycles. The van der Waals surface area contributed by atoms with Crippen LogP contribution in [0.1, 0.15) is 52.5 Å². The van der Waals surface area contributed by atoms with E-state index in [0.29, 0.717) is 13.2 Å². The fraction of sp³-hybridized carbons (Fsp3) is 0.529. The Labute approximate surface area is 128 Å². The SMILES string of the molecule is CCCC/C(=C(/C)c1ccccc1)P(=O)(OCC)OCC. The van der Waals surface area contributed by atoms with Crippen molar-refractivity contribution in [1.82, 2.24) is 0 Å². The number of hydrogen-bond donors (Lipinski definition) is 0. The third kappa shape index (κ3) is 5.10. The summed E-state index contributed by atoms with van der Waals surface area (Å²) < 4.78 is 24.2. The molecule has 0 amide bonds. The highest BCUT2D eigenvalue weighted by Gasteiger charge is 2.31. The quantitative estimate of drug-likeness (QED) is 0.535. The maximum atomic E-state index is 13.1. The summed E-state index contributed by atoms with van der Waals surface area (Å²) in [6, 6.07) is 10.0. The fourth-order valence-electron chi connectivity index (χ4n) is 2.26. The highest BCUT2D eigenvalue weighted by atomic mass is 31.2. The van der Waals surface area contributed by atoms with E-state index in [0.717, 1.165) is 35.7 Å². The summed E-state index contributed by atoms with van der Waals surface area (Å²) in [6.07, 6.45) is 2.77. The van der Waals surface area contributed by atoms with Crippen LogP contribution in [0.3, 0.4) is 0 Å². The minimum atomic E-state index is -3.20. The van der Waals surface area contributed by atoms with Crippen molar-refractivity contribution < 1.29 is 13.6 Å². The Morgan fingerprint density at radius 2 is 1.62 bits per heavy atom. The highest BCUT2D eigenvalue weighted by molar-refractivity contribution is 7.58. The zero-order valence-corrected chi connectivity index (χ0v) is 14.5. The molecular formula is C17H27O3P. The smallest absolute Gasteiger partial charge is 0.306 e. The van der Waals surface area contributed by atoms with Crippen molar-refractivity contribution in [2.45, 2.75) is 47.0 Å². The minimum absolute atomic E-state index is 0.384. The molecule has 0 saturated heterocycles. The monoisotopic (exact) mass is 310 g/mol. The molecule has 0 fully saturated rings. The largest absolute Gasteiger partial charge is 0.357 e. The molecule has 0 aliphatic rings. The van der Waals surface area contributed by atoms with E-state index in [1.54, 1.807) is 0 Å². The molecule has 0 N–H and O–H groups in total. The molecule has 0 unspecified atom stereocenters. The number of allylic oxidation sites excluding steroid dienone is 2. The number of benzene rings is 1. The molecule has 3 nitrogen and oxygen atoms in total. The van der Waals surface area contributed by atoms with Gasteiger partial charge >= 0.3 is 7.60 Å². The second-order valence-electron chi connectivity index (χ2n) is 4.87. The van der Waals surface area contributed by atoms with Gasteiger partial charge in [-0.3, -0.25) is 4.57 Å². The zero-order valence-electron chi connectivity index (χ0n) is 13.6. The van der Waals surface area contributed by atoms with Crippen LogP contribution in [0.5, 0.6) is 0 Å². The van der Waals surface area contributed by atoms with Crippen molar-refractivity contribution in [1.29, 1.82) is 0 Å². The summed E-state index contributed by atoms with van der Waals surface area (Å²) in [7, 11) is -3.20. The molecule has 0 saturated carbocycles. The molecule has 0 radical (unpaired) electrons. The maximum absolute atomic E-state index is 13.1. The van der Waals surface area contributed by atoms with Crippen LogP contribution < -0.4 is 0 Å². The van der Waals surface area contributed by atoms with Crippen molar-refractivity contribution in [3.05, 3.63) is 41.2 Å². The van der Waals surface area contributed by atoms with E-state index in [4.69, 9.17) is 9.05 Å². The van der Waals surface area contributed by atoms with Crippen LogP contribution >= 0.6 is 7.60 Å². The van der Waals surface area contributed by atoms with Gasteiger partial charge in [0, 0.05) is 5.31 Å². The van der Waals surface area contributed by atoms with Crippen LogP contribution in [0, 0.1) is 0 Å². The Hall–Kier alpha value is -0.890. The van der Waals surface area contributed by atoms with Crippen molar-refractivity contribution in [2.24, 2.45) is 0 Å². The van der Waals surface area contributed by atoms with E-state index in [2.05, 4.69) is 6.92 Å². The molecular weight excluding hydrogens is 283 g/mol. The predicted octanol–water partition coefficient (Wildman–Crippen LogP) is 5.87. The lowest BCUT2D eigenvalue weighted by Gasteiger charge is -2.22. The van der Waals surface area contributed by atoms with Gasteiger partial charge in [0.25, 0.3) is 0 Å². The van der Waals surface area contributed by atoms with Gasteiger partial charge in [-0.2, -0.15) is 0 Å². The highest BCUT2D eigenvalue weighted by Crippen LogP contribution is 2.59. The molecule has 4 heteroatoms. The first-order valence-electron chi connectivity index (χ1n) is 7.73. The second-order valence-corrected chi connectivity index (χ2v) is 6.93. The maximum Gasteiger partial charge on any atom is 0.357 e. The van der Waals surface area contributed by atoms with Crippen molar-refractivity contribution in [2.75, 3.05) is 13.2 Å². The van der Waals surface area contributed by atoms with E-state index in [-0.39, 0.29) is 0 Å². The molecule has 1 rings (SSSR count). The summed E-state index contributed by atoms with van der Waals surface area (Å²) in [5.74, 6) is 0. The van der Waals surface area contributed by atoms with Gasteiger partial charge in [-0.25, -0.2) is 0 Å². The Balaban J connectivity index is 3.28. The Morgan fingerprint density at radius 1 is 1.05 bits per heavy atom. The van der Waals surface area contributed by atoms with E-state index in [1.165, 1.54) is 0 Å². The summed E-state index contributed by atoms with van der Waals surface area (Å²) in [6.45, 7) is 8.60. The van der Waals surface area contributed by atoms with E-state index in [9.17, 15) is 4.57 Å². The summed E-state index contributed by atoms with van der Waals surface area (Å²) in [5.41, 5.74) is 2.08. The van der Waals surface area contributed by atoms with Gasteiger partial charge in [-0.05, 0) is 44.7 Å². The second kappa shape index (κ2) is 9.19. The van der Waals surface area contributed by atoms with Crippen LogP contribution in [0.25, 0.3) is 5.57 Å². The Bertz CT molecular complexity index is 484. The average Bonchev–Trinajstić information content (AvgIpc) is 2.48. The molecule has 0 spiro atoms. The number of rotatable bonds is 9. The molecule has 0 aromatic heterocycles. The molecule has 0 bridgehead atoms. The summed E-state index contributed by atoms with van der Waals surface area (Å²) in [4.78, 5) is 0. The van der Waals surface area contributed by atoms with E-state index < -0.39 is 7.60 Å². The van der Waals surface area contributed by atoms with Gasteiger partial charge in [0.2, 0.25) is 0 Å². The Kier molecular flexibility index (Phi) is 7.95. The topological polar surface area (TPSA) is 35.5 Å². The van der Waals surface area contributed by atoms with Gasteiger partial charge in [0.15, 0.2) is 0 Å². The van der Waals surface area contributed by atoms with Crippen LogP contribution in [-0.2, 0) is 13.6 Å². The first kappa shape index (κ1) is 18.2. The van der Waals surface area contributed by atoms with Crippen molar-refractivity contribution in [3.8, 4) is 0 Å². The van der Waals surface area contributed by atoms with Crippen molar-refractivity contribution >= 4 is 13.2 Å². The van der Waals surface area contributed by atoms with Gasteiger partial charge in [-0.1, -0.05) is 43.7 Å². The first-order chi connectivity index (χ1) is 10.1. The molecule has 118 valence electrons. The number of hydrogen-bond acceptors (Lipinski definition) is 3. The molecule has 0 aliphatic carbocycles. The first-order valence-corrected chi connectivity index (χ1v) is 9.28. The lowest BCUT2D eigenvalue weighted by molar-refractivity contribution is 0.225. The van der Waals surface area contributed by atoms with Crippen LogP contribution in [0.2, 0.25) is 0 Å². The standard InChI is InChI=1S/C17H27O3P/c1-5-8-14-17(21(18,19-6-2)20-7-3)15(4)16-12-10-9-11-13-16/h9-13H,5-8,14H2,1-4H3/b17-15+. The normalized spacial score (nSPS) is 13.1. The van der Waals surface area contributed by atoms with E-state index in [1.807, 2.05) is 51.1 Å². The fourth-order valence-corrected chi connectivity index (χ4v) is 4.30. The lowest BCUT2D eigenvalue weighted by atomic mass is 10.1. The molecule has 0 atom stereocenters. The van der Waals surface area contributed by atoms with Crippen LogP contribution in [-0.4, -0.2) is 13.2 Å². The third-order valence-electron chi connectivity index (χ3n) is 3.34. The van der Waals surface area contributed by atoms with Gasteiger partial charge in [0.05, 0.1) is 13.2 Å². The van der Waals surface area contributed by atoms with Crippen LogP contribution in [0.4, 0.5) is 0 Å². The lowest BCUT2D eigenvalue weighted by Crippen LogP contribution is -2.01. The molecule has 21 heavy (non-hydrogen) atoms.